The highest BCUT2D eigenvalue weighted by molar-refractivity contribution is 7.99. The first-order valence-corrected chi connectivity index (χ1v) is 8.38. The molecule has 1 saturated carbocycles. The average molecular weight is 289 g/mol. The fourth-order valence-electron chi connectivity index (χ4n) is 2.17. The van der Waals surface area contributed by atoms with E-state index in [4.69, 9.17) is 4.74 Å². The summed E-state index contributed by atoms with van der Waals surface area (Å²) in [6.07, 6.45) is 5.66. The predicted molar refractivity (Wildman–Crippen MR) is 79.9 cm³/mol. The van der Waals surface area contributed by atoms with Crippen LogP contribution >= 0.6 is 11.8 Å². The van der Waals surface area contributed by atoms with Crippen LogP contribution in [0.15, 0.2) is 0 Å². The zero-order valence-corrected chi connectivity index (χ0v) is 12.9. The Balaban J connectivity index is 2.22. The number of carboxylic acid groups (broad SMARTS) is 1. The number of aliphatic carboxylic acids is 1. The standard InChI is InChI=1S/C14H27NO3S/c1-3-14(13(16)17,15-12-6-7-12)8-4-10-19-11-5-9-18-2/h12,15H,3-11H2,1-2H3,(H,16,17). The number of ether oxygens (including phenoxy) is 1. The lowest BCUT2D eigenvalue weighted by Crippen LogP contribution is -2.52. The van der Waals surface area contributed by atoms with Gasteiger partial charge in [-0.15, -0.1) is 0 Å². The summed E-state index contributed by atoms with van der Waals surface area (Å²) in [5.74, 6) is 1.44. The van der Waals surface area contributed by atoms with E-state index in [1.807, 2.05) is 18.7 Å². The van der Waals surface area contributed by atoms with Crippen molar-refractivity contribution in [3.63, 3.8) is 0 Å². The largest absolute Gasteiger partial charge is 0.480 e. The molecule has 1 fully saturated rings. The van der Waals surface area contributed by atoms with Gasteiger partial charge < -0.3 is 9.84 Å². The molecule has 0 radical (unpaired) electrons. The maximum absolute atomic E-state index is 11.5. The van der Waals surface area contributed by atoms with Crippen LogP contribution in [-0.4, -0.2) is 47.9 Å². The Hall–Kier alpha value is -0.260. The Bertz CT molecular complexity index is 271. The molecule has 1 unspecified atom stereocenters. The molecule has 2 N–H and O–H groups in total. The molecule has 0 aromatic heterocycles. The molecule has 0 bridgehead atoms. The molecule has 0 spiro atoms. The normalized spacial score (nSPS) is 18.2. The number of hydrogen-bond acceptors (Lipinski definition) is 4. The number of carboxylic acids is 1. The Morgan fingerprint density at radius 2 is 2.11 bits per heavy atom. The molecule has 19 heavy (non-hydrogen) atoms. The van der Waals surface area contributed by atoms with Crippen molar-refractivity contribution in [2.45, 2.75) is 57.0 Å². The van der Waals surface area contributed by atoms with Crippen LogP contribution in [0, 0.1) is 0 Å². The molecule has 0 amide bonds. The van der Waals surface area contributed by atoms with Crippen molar-refractivity contribution in [3.8, 4) is 0 Å². The second kappa shape index (κ2) is 8.82. The maximum atomic E-state index is 11.5. The fraction of sp³-hybridized carbons (Fsp3) is 0.929. The van der Waals surface area contributed by atoms with Crippen LogP contribution in [0.3, 0.4) is 0 Å². The highest BCUT2D eigenvalue weighted by Crippen LogP contribution is 2.27. The van der Waals surface area contributed by atoms with E-state index in [1.54, 1.807) is 7.11 Å². The van der Waals surface area contributed by atoms with Crippen molar-refractivity contribution in [2.75, 3.05) is 25.2 Å². The van der Waals surface area contributed by atoms with Gasteiger partial charge in [0.1, 0.15) is 5.54 Å². The Morgan fingerprint density at radius 1 is 1.42 bits per heavy atom. The van der Waals surface area contributed by atoms with Gasteiger partial charge in [-0.1, -0.05) is 6.92 Å². The predicted octanol–water partition coefficient (Wildman–Crippen LogP) is 2.52. The van der Waals surface area contributed by atoms with Crippen molar-refractivity contribution < 1.29 is 14.6 Å². The fourth-order valence-corrected chi connectivity index (χ4v) is 3.05. The smallest absolute Gasteiger partial charge is 0.323 e. The van der Waals surface area contributed by atoms with Crippen molar-refractivity contribution in [2.24, 2.45) is 0 Å². The molecule has 1 aliphatic rings. The highest BCUT2D eigenvalue weighted by atomic mass is 32.2. The molecule has 0 saturated heterocycles. The van der Waals surface area contributed by atoms with Gasteiger partial charge in [-0.05, 0) is 50.0 Å². The van der Waals surface area contributed by atoms with E-state index >= 15 is 0 Å². The number of hydrogen-bond donors (Lipinski definition) is 2. The average Bonchev–Trinajstić information content (AvgIpc) is 3.20. The number of nitrogens with one attached hydrogen (secondary N) is 1. The van der Waals surface area contributed by atoms with Crippen LogP contribution in [0.5, 0.6) is 0 Å². The summed E-state index contributed by atoms with van der Waals surface area (Å²) in [5, 5.41) is 12.8. The molecule has 0 aromatic carbocycles. The number of carbonyl (C=O) groups is 1. The first-order chi connectivity index (χ1) is 9.14. The zero-order chi connectivity index (χ0) is 14.1. The van der Waals surface area contributed by atoms with Crippen LogP contribution < -0.4 is 5.32 Å². The molecule has 0 heterocycles. The molecule has 112 valence electrons. The minimum absolute atomic E-state index is 0.436. The van der Waals surface area contributed by atoms with Gasteiger partial charge in [-0.2, -0.15) is 11.8 Å². The molecule has 1 atom stereocenters. The van der Waals surface area contributed by atoms with E-state index in [1.165, 1.54) is 0 Å². The van der Waals surface area contributed by atoms with Crippen molar-refractivity contribution >= 4 is 17.7 Å². The van der Waals surface area contributed by atoms with Gasteiger partial charge >= 0.3 is 5.97 Å². The second-order valence-corrected chi connectivity index (χ2v) is 6.45. The minimum atomic E-state index is -0.700. The summed E-state index contributed by atoms with van der Waals surface area (Å²) < 4.78 is 5.00. The van der Waals surface area contributed by atoms with E-state index in [0.717, 1.165) is 50.2 Å². The summed E-state index contributed by atoms with van der Waals surface area (Å²) in [7, 11) is 1.72. The van der Waals surface area contributed by atoms with Gasteiger partial charge in [0.2, 0.25) is 0 Å². The van der Waals surface area contributed by atoms with Crippen molar-refractivity contribution in [3.05, 3.63) is 0 Å². The lowest BCUT2D eigenvalue weighted by Gasteiger charge is -2.29. The van der Waals surface area contributed by atoms with Gasteiger partial charge in [-0.3, -0.25) is 10.1 Å². The Morgan fingerprint density at radius 3 is 2.63 bits per heavy atom. The summed E-state index contributed by atoms with van der Waals surface area (Å²) in [6, 6.07) is 0.436. The molecular weight excluding hydrogens is 262 g/mol. The van der Waals surface area contributed by atoms with Gasteiger partial charge in [0, 0.05) is 19.8 Å². The summed E-state index contributed by atoms with van der Waals surface area (Å²) >= 11 is 1.89. The highest BCUT2D eigenvalue weighted by Gasteiger charge is 2.40. The van der Waals surface area contributed by atoms with E-state index in [0.29, 0.717) is 12.5 Å². The van der Waals surface area contributed by atoms with Crippen LogP contribution in [-0.2, 0) is 9.53 Å². The SMILES string of the molecule is CCC(CCCSCCCOC)(NC1CC1)C(=O)O. The molecular formula is C14H27NO3S. The number of methoxy groups -OCH3 is 1. The molecule has 1 rings (SSSR count). The van der Waals surface area contributed by atoms with Gasteiger partial charge in [-0.25, -0.2) is 0 Å². The first-order valence-electron chi connectivity index (χ1n) is 7.22. The molecule has 5 heteroatoms. The summed E-state index contributed by atoms with van der Waals surface area (Å²) in [6.45, 7) is 2.78. The van der Waals surface area contributed by atoms with E-state index in [2.05, 4.69) is 5.32 Å². The van der Waals surface area contributed by atoms with E-state index in [-0.39, 0.29) is 0 Å². The second-order valence-electron chi connectivity index (χ2n) is 5.22. The van der Waals surface area contributed by atoms with Gasteiger partial charge in [0.25, 0.3) is 0 Å². The first kappa shape index (κ1) is 16.8. The topological polar surface area (TPSA) is 58.6 Å². The number of rotatable bonds is 12. The van der Waals surface area contributed by atoms with Crippen LogP contribution in [0.2, 0.25) is 0 Å². The van der Waals surface area contributed by atoms with Gasteiger partial charge in [0.05, 0.1) is 0 Å². The third kappa shape index (κ3) is 6.15. The van der Waals surface area contributed by atoms with Crippen LogP contribution in [0.4, 0.5) is 0 Å². The zero-order valence-electron chi connectivity index (χ0n) is 12.1. The third-order valence-electron chi connectivity index (χ3n) is 3.60. The lowest BCUT2D eigenvalue weighted by atomic mass is 9.90. The van der Waals surface area contributed by atoms with E-state index in [9.17, 15) is 9.90 Å². The summed E-state index contributed by atoms with van der Waals surface area (Å²) in [4.78, 5) is 11.5. The lowest BCUT2D eigenvalue weighted by molar-refractivity contribution is -0.145. The Labute approximate surface area is 120 Å². The minimum Gasteiger partial charge on any atom is -0.480 e. The molecule has 0 aromatic rings. The Kier molecular flexibility index (Phi) is 7.80. The molecule has 4 nitrogen and oxygen atoms in total. The molecule has 1 aliphatic carbocycles. The monoisotopic (exact) mass is 289 g/mol. The third-order valence-corrected chi connectivity index (χ3v) is 4.75. The van der Waals surface area contributed by atoms with Crippen LogP contribution in [0.25, 0.3) is 0 Å². The van der Waals surface area contributed by atoms with Crippen molar-refractivity contribution in [1.82, 2.24) is 5.32 Å². The summed E-state index contributed by atoms with van der Waals surface area (Å²) in [5.41, 5.74) is -0.700. The maximum Gasteiger partial charge on any atom is 0.323 e. The number of thioether (sulfide) groups is 1. The quantitative estimate of drug-likeness (QED) is 0.541. The van der Waals surface area contributed by atoms with Crippen molar-refractivity contribution in [1.29, 1.82) is 0 Å². The van der Waals surface area contributed by atoms with E-state index < -0.39 is 11.5 Å². The molecule has 0 aliphatic heterocycles. The van der Waals surface area contributed by atoms with Crippen LogP contribution in [0.1, 0.15) is 45.4 Å². The van der Waals surface area contributed by atoms with Gasteiger partial charge in [0.15, 0.2) is 0 Å².